The number of imidazole rings is 1. The van der Waals surface area contributed by atoms with Gasteiger partial charge < -0.3 is 14.3 Å². The lowest BCUT2D eigenvalue weighted by Gasteiger charge is -2.35. The van der Waals surface area contributed by atoms with Gasteiger partial charge in [-0.15, -0.1) is 0 Å². The average molecular weight is 314 g/mol. The molecule has 1 aliphatic heterocycles. The molecule has 4 rings (SSSR count). The van der Waals surface area contributed by atoms with E-state index in [0.29, 0.717) is 6.54 Å². The second-order valence-corrected chi connectivity index (χ2v) is 5.98. The van der Waals surface area contributed by atoms with Crippen molar-refractivity contribution in [2.75, 3.05) is 19.6 Å². The third-order valence-corrected chi connectivity index (χ3v) is 4.40. The number of halogens is 1. The molecule has 0 aliphatic carbocycles. The maximum Gasteiger partial charge on any atom is 0.134 e. The monoisotopic (exact) mass is 314 g/mol. The van der Waals surface area contributed by atoms with Crippen molar-refractivity contribution in [1.29, 1.82) is 0 Å². The fourth-order valence-electron chi connectivity index (χ4n) is 3.24. The number of hydrogen-bond donors (Lipinski definition) is 1. The van der Waals surface area contributed by atoms with Crippen LogP contribution in [-0.2, 0) is 13.6 Å². The Balaban J connectivity index is 1.60. The predicted octanol–water partition coefficient (Wildman–Crippen LogP) is 2.45. The Morgan fingerprint density at radius 1 is 1.39 bits per heavy atom. The van der Waals surface area contributed by atoms with Gasteiger partial charge in [-0.2, -0.15) is 0 Å². The highest BCUT2D eigenvalue weighted by Gasteiger charge is 2.27. The van der Waals surface area contributed by atoms with Crippen molar-refractivity contribution in [1.82, 2.24) is 19.8 Å². The summed E-state index contributed by atoms with van der Waals surface area (Å²) in [6, 6.07) is 6.75. The zero-order valence-corrected chi connectivity index (χ0v) is 13.0. The second-order valence-electron chi connectivity index (χ2n) is 5.98. The van der Waals surface area contributed by atoms with E-state index >= 15 is 0 Å². The van der Waals surface area contributed by atoms with Crippen LogP contribution in [0.5, 0.6) is 0 Å². The van der Waals surface area contributed by atoms with E-state index in [1.54, 1.807) is 6.07 Å². The first kappa shape index (κ1) is 14.4. The van der Waals surface area contributed by atoms with Gasteiger partial charge >= 0.3 is 0 Å². The molecule has 23 heavy (non-hydrogen) atoms. The number of hydrogen-bond acceptors (Lipinski definition) is 4. The van der Waals surface area contributed by atoms with Gasteiger partial charge in [0.25, 0.3) is 0 Å². The molecule has 120 valence electrons. The van der Waals surface area contributed by atoms with Crippen molar-refractivity contribution in [3.05, 3.63) is 54.1 Å². The molecular weight excluding hydrogens is 295 g/mol. The van der Waals surface area contributed by atoms with Crippen molar-refractivity contribution in [3.8, 4) is 0 Å². The summed E-state index contributed by atoms with van der Waals surface area (Å²) in [5, 5.41) is 4.23. The van der Waals surface area contributed by atoms with E-state index in [1.807, 2.05) is 25.5 Å². The minimum Gasteiger partial charge on any atom is -0.460 e. The van der Waals surface area contributed by atoms with Crippen molar-refractivity contribution < 1.29 is 8.81 Å². The molecule has 0 spiro atoms. The smallest absolute Gasteiger partial charge is 0.134 e. The summed E-state index contributed by atoms with van der Waals surface area (Å²) >= 11 is 0. The normalized spacial score (nSPS) is 19.5. The lowest BCUT2D eigenvalue weighted by Crippen LogP contribution is -2.46. The largest absolute Gasteiger partial charge is 0.460 e. The summed E-state index contributed by atoms with van der Waals surface area (Å²) in [7, 11) is 2.01. The first-order chi connectivity index (χ1) is 11.2. The Bertz CT molecular complexity index is 825. The molecule has 1 fully saturated rings. The standard InChI is InChI=1S/C17H19FN4O/c1-21-6-5-20-17(21)15-10-19-4-7-22(15)11-14-9-12-8-13(18)2-3-16(12)23-14/h2-3,5-6,8-9,15,19H,4,7,10-11H2,1H3. The molecule has 3 aromatic rings. The summed E-state index contributed by atoms with van der Waals surface area (Å²) in [5.74, 6) is 1.66. The van der Waals surface area contributed by atoms with Crippen molar-refractivity contribution >= 4 is 11.0 Å². The molecule has 0 saturated carbocycles. The molecule has 1 N–H and O–H groups in total. The van der Waals surface area contributed by atoms with Gasteiger partial charge in [-0.25, -0.2) is 9.37 Å². The number of nitrogens with one attached hydrogen (secondary N) is 1. The van der Waals surface area contributed by atoms with Gasteiger partial charge in [-0.05, 0) is 24.3 Å². The zero-order valence-electron chi connectivity index (χ0n) is 13.0. The van der Waals surface area contributed by atoms with E-state index in [1.165, 1.54) is 12.1 Å². The summed E-state index contributed by atoms with van der Waals surface area (Å²) in [5.41, 5.74) is 0.727. The second kappa shape index (κ2) is 5.79. The summed E-state index contributed by atoms with van der Waals surface area (Å²) in [6.45, 7) is 3.41. The van der Waals surface area contributed by atoms with Crippen LogP contribution < -0.4 is 5.32 Å². The highest BCUT2D eigenvalue weighted by atomic mass is 19.1. The molecule has 0 radical (unpaired) electrons. The van der Waals surface area contributed by atoms with Crippen LogP contribution in [0.25, 0.3) is 11.0 Å². The van der Waals surface area contributed by atoms with Crippen molar-refractivity contribution in [3.63, 3.8) is 0 Å². The maximum absolute atomic E-state index is 13.3. The molecule has 2 aromatic heterocycles. The van der Waals surface area contributed by atoms with Crippen LogP contribution in [0.4, 0.5) is 4.39 Å². The van der Waals surface area contributed by atoms with Gasteiger partial charge in [0.05, 0.1) is 12.6 Å². The molecular formula is C17H19FN4O. The quantitative estimate of drug-likeness (QED) is 0.807. The van der Waals surface area contributed by atoms with Gasteiger partial charge in [-0.1, -0.05) is 0 Å². The van der Waals surface area contributed by atoms with Gasteiger partial charge in [0.1, 0.15) is 23.0 Å². The molecule has 0 amide bonds. The number of fused-ring (bicyclic) bond motifs is 1. The van der Waals surface area contributed by atoms with E-state index in [-0.39, 0.29) is 11.9 Å². The third kappa shape index (κ3) is 2.75. The highest BCUT2D eigenvalue weighted by Crippen LogP contribution is 2.26. The predicted molar refractivity (Wildman–Crippen MR) is 85.4 cm³/mol. The fourth-order valence-corrected chi connectivity index (χ4v) is 3.24. The molecule has 0 bridgehead atoms. The molecule has 1 unspecified atom stereocenters. The topological polar surface area (TPSA) is 46.2 Å². The number of piperazine rings is 1. The minimum absolute atomic E-state index is 0.202. The lowest BCUT2D eigenvalue weighted by atomic mass is 10.1. The van der Waals surface area contributed by atoms with Crippen LogP contribution in [0.3, 0.4) is 0 Å². The average Bonchev–Trinajstić information content (AvgIpc) is 3.13. The molecule has 5 nitrogen and oxygen atoms in total. The van der Waals surface area contributed by atoms with E-state index in [4.69, 9.17) is 4.42 Å². The zero-order chi connectivity index (χ0) is 15.8. The van der Waals surface area contributed by atoms with Crippen LogP contribution >= 0.6 is 0 Å². The fraction of sp³-hybridized carbons (Fsp3) is 0.353. The van der Waals surface area contributed by atoms with Crippen molar-refractivity contribution in [2.45, 2.75) is 12.6 Å². The summed E-state index contributed by atoms with van der Waals surface area (Å²) in [6.07, 6.45) is 3.79. The first-order valence-electron chi connectivity index (χ1n) is 7.81. The molecule has 6 heteroatoms. The first-order valence-corrected chi connectivity index (χ1v) is 7.81. The van der Waals surface area contributed by atoms with Crippen LogP contribution in [0.2, 0.25) is 0 Å². The van der Waals surface area contributed by atoms with Gasteiger partial charge in [-0.3, -0.25) is 4.90 Å². The van der Waals surface area contributed by atoms with E-state index in [0.717, 1.165) is 42.2 Å². The third-order valence-electron chi connectivity index (χ3n) is 4.40. The number of rotatable bonds is 3. The summed E-state index contributed by atoms with van der Waals surface area (Å²) in [4.78, 5) is 6.84. The molecule has 3 heterocycles. The van der Waals surface area contributed by atoms with E-state index in [2.05, 4.69) is 19.8 Å². The highest BCUT2D eigenvalue weighted by molar-refractivity contribution is 5.77. The lowest BCUT2D eigenvalue weighted by molar-refractivity contribution is 0.135. The minimum atomic E-state index is -0.238. The number of nitrogens with zero attached hydrogens (tertiary/aromatic N) is 3. The summed E-state index contributed by atoms with van der Waals surface area (Å²) < 4.78 is 21.2. The van der Waals surface area contributed by atoms with Gasteiger partial charge in [0.2, 0.25) is 0 Å². The molecule has 1 aromatic carbocycles. The Morgan fingerprint density at radius 3 is 3.13 bits per heavy atom. The molecule has 1 atom stereocenters. The SMILES string of the molecule is Cn1ccnc1C1CNCCN1Cc1cc2cc(F)ccc2o1. The Labute approximate surface area is 133 Å². The molecule has 1 aliphatic rings. The number of aromatic nitrogens is 2. The Kier molecular flexibility index (Phi) is 3.63. The van der Waals surface area contributed by atoms with Gasteiger partial charge in [0, 0.05) is 44.5 Å². The number of benzene rings is 1. The van der Waals surface area contributed by atoms with Crippen LogP contribution in [-0.4, -0.2) is 34.1 Å². The van der Waals surface area contributed by atoms with Crippen LogP contribution in [0.1, 0.15) is 17.6 Å². The van der Waals surface area contributed by atoms with Gasteiger partial charge in [0.15, 0.2) is 0 Å². The van der Waals surface area contributed by atoms with Crippen molar-refractivity contribution in [2.24, 2.45) is 7.05 Å². The Morgan fingerprint density at radius 2 is 2.30 bits per heavy atom. The van der Waals surface area contributed by atoms with Crippen LogP contribution in [0, 0.1) is 5.82 Å². The number of furan rings is 1. The maximum atomic E-state index is 13.3. The number of aryl methyl sites for hydroxylation is 1. The Hall–Kier alpha value is -2.18. The molecule has 1 saturated heterocycles. The van der Waals surface area contributed by atoms with E-state index < -0.39 is 0 Å². The van der Waals surface area contributed by atoms with E-state index in [9.17, 15) is 4.39 Å². The van der Waals surface area contributed by atoms with Crippen LogP contribution in [0.15, 0.2) is 41.1 Å².